The molecule has 0 spiro atoms. The number of hydrogen-bond acceptors (Lipinski definition) is 2. The van der Waals surface area contributed by atoms with Crippen LogP contribution in [0.5, 0.6) is 0 Å². The van der Waals surface area contributed by atoms with E-state index in [2.05, 4.69) is 58.4 Å². The van der Waals surface area contributed by atoms with Crippen molar-refractivity contribution >= 4 is 21.8 Å². The summed E-state index contributed by atoms with van der Waals surface area (Å²) in [6.07, 6.45) is 4.78. The third-order valence-corrected chi connectivity index (χ3v) is 5.07. The second-order valence-electron chi connectivity index (χ2n) is 6.69. The molecular weight excluding hydrogens is 284 g/mol. The molecular formula is C20H24N2O. The summed E-state index contributed by atoms with van der Waals surface area (Å²) in [6, 6.07) is 17.5. The van der Waals surface area contributed by atoms with Crippen molar-refractivity contribution in [2.24, 2.45) is 0 Å². The zero-order valence-corrected chi connectivity index (χ0v) is 13.4. The quantitative estimate of drug-likeness (QED) is 0.754. The number of rotatable bonds is 5. The van der Waals surface area contributed by atoms with Gasteiger partial charge in [-0.1, -0.05) is 49.2 Å². The molecule has 2 N–H and O–H groups in total. The molecule has 1 unspecified atom stereocenters. The second-order valence-corrected chi connectivity index (χ2v) is 6.69. The number of fused-ring (bicyclic) bond motifs is 3. The van der Waals surface area contributed by atoms with Crippen LogP contribution in [0.1, 0.15) is 25.7 Å². The molecule has 0 bridgehead atoms. The molecule has 1 heterocycles. The number of benzene rings is 2. The summed E-state index contributed by atoms with van der Waals surface area (Å²) in [4.78, 5) is 0. The fraction of sp³-hybridized carbons (Fsp3) is 0.400. The van der Waals surface area contributed by atoms with Gasteiger partial charge in [0.15, 0.2) is 0 Å². The van der Waals surface area contributed by atoms with Gasteiger partial charge in [-0.15, -0.1) is 0 Å². The summed E-state index contributed by atoms with van der Waals surface area (Å²) < 4.78 is 2.26. The van der Waals surface area contributed by atoms with Crippen LogP contribution < -0.4 is 5.32 Å². The van der Waals surface area contributed by atoms with E-state index >= 15 is 0 Å². The van der Waals surface area contributed by atoms with E-state index in [1.54, 1.807) is 0 Å². The maximum atomic E-state index is 10.5. The molecule has 2 aromatic carbocycles. The Hall–Kier alpha value is -1.84. The van der Waals surface area contributed by atoms with Crippen LogP contribution in [0, 0.1) is 0 Å². The van der Waals surface area contributed by atoms with Crippen LogP contribution in [-0.4, -0.2) is 28.4 Å². The highest BCUT2D eigenvalue weighted by Crippen LogP contribution is 2.28. The van der Waals surface area contributed by atoms with Gasteiger partial charge in [0, 0.05) is 34.4 Å². The number of para-hydroxylation sites is 2. The molecule has 0 aliphatic heterocycles. The second kappa shape index (κ2) is 6.34. The SMILES string of the molecule is OC(CNC1CCCC1)Cn1c2ccccc2c2ccccc21. The van der Waals surface area contributed by atoms with Crippen molar-refractivity contribution in [3.63, 3.8) is 0 Å². The average molecular weight is 308 g/mol. The van der Waals surface area contributed by atoms with Gasteiger partial charge in [-0.2, -0.15) is 0 Å². The Morgan fingerprint density at radius 3 is 2.13 bits per heavy atom. The van der Waals surface area contributed by atoms with Crippen LogP contribution in [0.3, 0.4) is 0 Å². The topological polar surface area (TPSA) is 37.2 Å². The van der Waals surface area contributed by atoms with Crippen LogP contribution in [0.2, 0.25) is 0 Å². The largest absolute Gasteiger partial charge is 0.390 e. The number of aliphatic hydroxyl groups is 1. The van der Waals surface area contributed by atoms with E-state index < -0.39 is 0 Å². The van der Waals surface area contributed by atoms with Gasteiger partial charge in [0.25, 0.3) is 0 Å². The van der Waals surface area contributed by atoms with Gasteiger partial charge in [0.05, 0.1) is 12.6 Å². The Morgan fingerprint density at radius 1 is 0.957 bits per heavy atom. The number of hydrogen-bond donors (Lipinski definition) is 2. The summed E-state index contributed by atoms with van der Waals surface area (Å²) >= 11 is 0. The van der Waals surface area contributed by atoms with Crippen molar-refractivity contribution in [1.29, 1.82) is 0 Å². The molecule has 1 fully saturated rings. The van der Waals surface area contributed by atoms with Gasteiger partial charge in [-0.25, -0.2) is 0 Å². The van der Waals surface area contributed by atoms with Gasteiger partial charge in [-0.05, 0) is 25.0 Å². The lowest BCUT2D eigenvalue weighted by Crippen LogP contribution is -2.35. The van der Waals surface area contributed by atoms with E-state index in [-0.39, 0.29) is 6.10 Å². The summed E-state index contributed by atoms with van der Waals surface area (Å²) in [7, 11) is 0. The molecule has 1 aliphatic rings. The predicted molar refractivity (Wildman–Crippen MR) is 95.7 cm³/mol. The van der Waals surface area contributed by atoms with Crippen molar-refractivity contribution in [3.8, 4) is 0 Å². The van der Waals surface area contributed by atoms with Crippen LogP contribution >= 0.6 is 0 Å². The average Bonchev–Trinajstić information content (AvgIpc) is 3.21. The molecule has 4 rings (SSSR count). The standard InChI is InChI=1S/C20H24N2O/c23-16(13-21-15-7-1-2-8-15)14-22-19-11-5-3-9-17(19)18-10-4-6-12-20(18)22/h3-6,9-12,15-16,21,23H,1-2,7-8,13-14H2. The van der Waals surface area contributed by atoms with Gasteiger partial charge < -0.3 is 15.0 Å². The Balaban J connectivity index is 1.59. The molecule has 1 atom stereocenters. The normalized spacial score (nSPS) is 17.3. The third kappa shape index (κ3) is 2.87. The smallest absolute Gasteiger partial charge is 0.0843 e. The zero-order valence-electron chi connectivity index (χ0n) is 13.4. The fourth-order valence-electron chi connectivity index (χ4n) is 3.91. The zero-order chi connectivity index (χ0) is 15.6. The maximum Gasteiger partial charge on any atom is 0.0843 e. The number of aliphatic hydroxyl groups excluding tert-OH is 1. The van der Waals surface area contributed by atoms with E-state index in [0.717, 1.165) is 0 Å². The first kappa shape index (κ1) is 14.7. The highest BCUT2D eigenvalue weighted by Gasteiger charge is 2.17. The Bertz CT molecular complexity index is 748. The highest BCUT2D eigenvalue weighted by molar-refractivity contribution is 6.07. The monoisotopic (exact) mass is 308 g/mol. The molecule has 0 amide bonds. The number of aromatic nitrogens is 1. The summed E-state index contributed by atoms with van der Waals surface area (Å²) in [5, 5.41) is 16.6. The van der Waals surface area contributed by atoms with Crippen molar-refractivity contribution in [2.45, 2.75) is 44.4 Å². The lowest BCUT2D eigenvalue weighted by atomic mass is 10.2. The van der Waals surface area contributed by atoms with Crippen molar-refractivity contribution in [1.82, 2.24) is 9.88 Å². The molecule has 0 radical (unpaired) electrons. The van der Waals surface area contributed by atoms with Gasteiger partial charge in [-0.3, -0.25) is 0 Å². The molecule has 3 heteroatoms. The molecule has 120 valence electrons. The maximum absolute atomic E-state index is 10.5. The first-order valence-electron chi connectivity index (χ1n) is 8.70. The molecule has 3 aromatic rings. The minimum Gasteiger partial charge on any atom is -0.390 e. The molecule has 1 saturated carbocycles. The lowest BCUT2D eigenvalue weighted by Gasteiger charge is -2.18. The predicted octanol–water partition coefficient (Wildman–Crippen LogP) is 3.69. The highest BCUT2D eigenvalue weighted by atomic mass is 16.3. The molecule has 0 saturated heterocycles. The third-order valence-electron chi connectivity index (χ3n) is 5.07. The van der Waals surface area contributed by atoms with Crippen LogP contribution in [-0.2, 0) is 6.54 Å². The van der Waals surface area contributed by atoms with Crippen molar-refractivity contribution in [2.75, 3.05) is 6.54 Å². The Labute approximate surface area is 136 Å². The van der Waals surface area contributed by atoms with Crippen LogP contribution in [0.4, 0.5) is 0 Å². The lowest BCUT2D eigenvalue weighted by molar-refractivity contribution is 0.150. The van der Waals surface area contributed by atoms with Gasteiger partial charge in [0.1, 0.15) is 0 Å². The van der Waals surface area contributed by atoms with Crippen molar-refractivity contribution in [3.05, 3.63) is 48.5 Å². The number of nitrogens with one attached hydrogen (secondary N) is 1. The summed E-state index contributed by atoms with van der Waals surface area (Å²) in [5.74, 6) is 0. The molecule has 3 nitrogen and oxygen atoms in total. The van der Waals surface area contributed by atoms with E-state index in [0.29, 0.717) is 19.1 Å². The van der Waals surface area contributed by atoms with E-state index in [1.165, 1.54) is 47.5 Å². The molecule has 1 aromatic heterocycles. The van der Waals surface area contributed by atoms with E-state index in [4.69, 9.17) is 0 Å². The molecule has 1 aliphatic carbocycles. The van der Waals surface area contributed by atoms with E-state index in [9.17, 15) is 5.11 Å². The fourth-order valence-corrected chi connectivity index (χ4v) is 3.91. The van der Waals surface area contributed by atoms with Crippen LogP contribution in [0.15, 0.2) is 48.5 Å². The van der Waals surface area contributed by atoms with Gasteiger partial charge in [0.2, 0.25) is 0 Å². The van der Waals surface area contributed by atoms with Crippen molar-refractivity contribution < 1.29 is 5.11 Å². The first-order chi connectivity index (χ1) is 11.3. The molecule has 23 heavy (non-hydrogen) atoms. The van der Waals surface area contributed by atoms with Gasteiger partial charge >= 0.3 is 0 Å². The summed E-state index contributed by atoms with van der Waals surface area (Å²) in [6.45, 7) is 1.30. The van der Waals surface area contributed by atoms with Crippen LogP contribution in [0.25, 0.3) is 21.8 Å². The first-order valence-corrected chi connectivity index (χ1v) is 8.70. The number of nitrogens with zero attached hydrogens (tertiary/aromatic N) is 1. The Morgan fingerprint density at radius 2 is 1.52 bits per heavy atom. The Kier molecular flexibility index (Phi) is 4.06. The van der Waals surface area contributed by atoms with E-state index in [1.807, 2.05) is 0 Å². The summed E-state index contributed by atoms with van der Waals surface area (Å²) in [5.41, 5.74) is 2.40. The minimum atomic E-state index is -0.366. The minimum absolute atomic E-state index is 0.366.